The van der Waals surface area contributed by atoms with E-state index in [1.54, 1.807) is 9.47 Å². The fourth-order valence-corrected chi connectivity index (χ4v) is 5.28. The summed E-state index contributed by atoms with van der Waals surface area (Å²) in [7, 11) is 1.86. The van der Waals surface area contributed by atoms with Crippen molar-refractivity contribution in [1.29, 1.82) is 0 Å². The smallest absolute Gasteiger partial charge is 0.269 e. The van der Waals surface area contributed by atoms with Crippen molar-refractivity contribution >= 4 is 11.8 Å². The Bertz CT molecular complexity index is 1170. The Labute approximate surface area is 208 Å². The number of amides is 2. The van der Waals surface area contributed by atoms with Gasteiger partial charge in [-0.05, 0) is 24.9 Å². The second-order valence-electron chi connectivity index (χ2n) is 10.6. The van der Waals surface area contributed by atoms with Gasteiger partial charge in [-0.3, -0.25) is 9.59 Å². The molecule has 0 radical (unpaired) electrons. The minimum absolute atomic E-state index is 0.0560. The predicted octanol–water partition coefficient (Wildman–Crippen LogP) is 2.96. The molecule has 1 unspecified atom stereocenters. The van der Waals surface area contributed by atoms with E-state index in [1.165, 1.54) is 0 Å². The van der Waals surface area contributed by atoms with E-state index in [0.717, 1.165) is 6.07 Å². The average molecular weight is 508 g/mol. The number of hydrogen-bond acceptors (Lipinski definition) is 5. The molecule has 196 valence electrons. The van der Waals surface area contributed by atoms with Crippen LogP contribution in [0.25, 0.3) is 11.4 Å². The fraction of sp³-hybridized carbons (Fsp3) is 0.560. The Morgan fingerprint density at radius 1 is 1.08 bits per heavy atom. The van der Waals surface area contributed by atoms with E-state index in [-0.39, 0.29) is 29.5 Å². The van der Waals surface area contributed by atoms with E-state index >= 15 is 4.39 Å². The monoisotopic (exact) mass is 507 g/mol. The molecule has 1 saturated heterocycles. The van der Waals surface area contributed by atoms with Crippen LogP contribution in [0.5, 0.6) is 0 Å². The first-order valence-electron chi connectivity index (χ1n) is 12.0. The van der Waals surface area contributed by atoms with Crippen molar-refractivity contribution in [3.63, 3.8) is 0 Å². The fourth-order valence-electron chi connectivity index (χ4n) is 5.28. The third-order valence-corrected chi connectivity index (χ3v) is 6.96. The number of halogens is 3. The van der Waals surface area contributed by atoms with Crippen molar-refractivity contribution in [2.24, 2.45) is 17.1 Å². The van der Waals surface area contributed by atoms with Gasteiger partial charge in [-0.15, -0.1) is 0 Å². The summed E-state index contributed by atoms with van der Waals surface area (Å²) in [4.78, 5) is 34.4. The van der Waals surface area contributed by atoms with Gasteiger partial charge in [-0.1, -0.05) is 20.8 Å². The highest BCUT2D eigenvalue weighted by molar-refractivity contribution is 5.93. The molecule has 2 aliphatic rings. The number of nitrogens with zero attached hydrogens (tertiary/aromatic N) is 4. The third kappa shape index (κ3) is 4.86. The maximum absolute atomic E-state index is 15.0. The van der Waals surface area contributed by atoms with Gasteiger partial charge in [-0.2, -0.15) is 0 Å². The summed E-state index contributed by atoms with van der Waals surface area (Å²) in [6, 6.07) is 0.629. The summed E-state index contributed by atoms with van der Waals surface area (Å²) in [5, 5.41) is 0. The zero-order chi connectivity index (χ0) is 26.4. The third-order valence-electron chi connectivity index (χ3n) is 6.96. The average Bonchev–Trinajstić information content (AvgIpc) is 3.08. The van der Waals surface area contributed by atoms with E-state index in [1.807, 2.05) is 32.7 Å². The Kier molecular flexibility index (Phi) is 7.16. The van der Waals surface area contributed by atoms with Gasteiger partial charge >= 0.3 is 0 Å². The molecule has 0 aliphatic carbocycles. The number of aromatic nitrogens is 2. The summed E-state index contributed by atoms with van der Waals surface area (Å²) in [5.41, 5.74) is 5.14. The first kappa shape index (κ1) is 26.2. The number of morpholine rings is 1. The maximum atomic E-state index is 15.0. The first-order chi connectivity index (χ1) is 16.9. The zero-order valence-electron chi connectivity index (χ0n) is 21.0. The van der Waals surface area contributed by atoms with Crippen LogP contribution in [0.1, 0.15) is 49.4 Å². The van der Waals surface area contributed by atoms with Gasteiger partial charge in [0.2, 0.25) is 5.91 Å². The molecular weight excluding hydrogens is 475 g/mol. The topological polar surface area (TPSA) is 93.7 Å². The molecule has 1 aromatic carbocycles. The van der Waals surface area contributed by atoms with Crippen molar-refractivity contribution in [3.05, 3.63) is 41.0 Å². The number of carbonyl (C=O) groups excluding carboxylic acids is 2. The molecule has 8 nitrogen and oxygen atoms in total. The molecule has 2 N–H and O–H groups in total. The lowest BCUT2D eigenvalue weighted by molar-refractivity contribution is -0.145. The number of ether oxygens (including phenoxy) is 1. The predicted molar refractivity (Wildman–Crippen MR) is 126 cm³/mol. The van der Waals surface area contributed by atoms with Gasteiger partial charge in [0, 0.05) is 38.3 Å². The normalized spacial score (nSPS) is 20.1. The SMILES string of the molecule is CN1CCC([C@@H](C(=O)N2CCOCC2)C(C)(C)C)n2c(-c3cc(F)c(F)cc3F)nc(C(N)=O)c2C1. The highest BCUT2D eigenvalue weighted by atomic mass is 19.2. The Morgan fingerprint density at radius 2 is 1.72 bits per heavy atom. The minimum Gasteiger partial charge on any atom is -0.378 e. The van der Waals surface area contributed by atoms with E-state index < -0.39 is 40.7 Å². The number of carbonyl (C=O) groups is 2. The van der Waals surface area contributed by atoms with Crippen molar-refractivity contribution in [1.82, 2.24) is 19.4 Å². The molecule has 0 bridgehead atoms. The molecular formula is C25H32F3N5O3. The molecule has 2 amide bonds. The molecule has 11 heteroatoms. The summed E-state index contributed by atoms with van der Waals surface area (Å²) < 4.78 is 50.1. The zero-order valence-corrected chi connectivity index (χ0v) is 21.0. The van der Waals surface area contributed by atoms with Crippen molar-refractivity contribution in [2.75, 3.05) is 39.9 Å². The largest absolute Gasteiger partial charge is 0.378 e. The lowest BCUT2D eigenvalue weighted by Crippen LogP contribution is -2.49. The standard InChI is InChI=1S/C25H32F3N5O3/c1-25(2,3)20(24(35)32-7-9-36-10-8-32)18-5-6-31(4)13-19-21(22(29)34)30-23(33(18)19)14-11-16(27)17(28)12-15(14)26/h11-12,18,20H,5-10,13H2,1-4H3,(H2,29,34)/t18?,20-/m0/s1. The number of primary amides is 1. The summed E-state index contributed by atoms with van der Waals surface area (Å²) in [6.07, 6.45) is 0.481. The summed E-state index contributed by atoms with van der Waals surface area (Å²) >= 11 is 0. The van der Waals surface area contributed by atoms with Crippen molar-refractivity contribution < 1.29 is 27.5 Å². The molecule has 1 aromatic heterocycles. The highest BCUT2D eigenvalue weighted by Crippen LogP contribution is 2.43. The first-order valence-corrected chi connectivity index (χ1v) is 12.0. The summed E-state index contributed by atoms with van der Waals surface area (Å²) in [6.45, 7) is 8.46. The van der Waals surface area contributed by atoms with Crippen LogP contribution >= 0.6 is 0 Å². The second kappa shape index (κ2) is 9.85. The van der Waals surface area contributed by atoms with Gasteiger partial charge < -0.3 is 24.8 Å². The van der Waals surface area contributed by atoms with Crippen LogP contribution in [-0.2, 0) is 16.1 Å². The summed E-state index contributed by atoms with van der Waals surface area (Å²) in [5.74, 6) is -5.17. The molecule has 1 fully saturated rings. The molecule has 3 heterocycles. The van der Waals surface area contributed by atoms with Gasteiger partial charge in [0.1, 0.15) is 11.6 Å². The van der Waals surface area contributed by atoms with Gasteiger partial charge in [0.05, 0.1) is 30.4 Å². The van der Waals surface area contributed by atoms with Crippen molar-refractivity contribution in [3.8, 4) is 11.4 Å². The van der Waals surface area contributed by atoms with E-state index in [2.05, 4.69) is 4.98 Å². The Balaban J connectivity index is 1.96. The quantitative estimate of drug-likeness (QED) is 0.643. The van der Waals surface area contributed by atoms with Crippen molar-refractivity contribution in [2.45, 2.75) is 39.8 Å². The van der Waals surface area contributed by atoms with E-state index in [9.17, 15) is 18.4 Å². The van der Waals surface area contributed by atoms with Crippen LogP contribution in [0.3, 0.4) is 0 Å². The van der Waals surface area contributed by atoms with Gasteiger partial charge in [0.15, 0.2) is 17.3 Å². The molecule has 0 spiro atoms. The van der Waals surface area contributed by atoms with Crippen LogP contribution in [0, 0.1) is 28.8 Å². The lowest BCUT2D eigenvalue weighted by Gasteiger charge is -2.41. The molecule has 2 aromatic rings. The highest BCUT2D eigenvalue weighted by Gasteiger charge is 2.44. The number of imidazole rings is 1. The molecule has 0 saturated carbocycles. The maximum Gasteiger partial charge on any atom is 0.269 e. The van der Waals surface area contributed by atoms with Gasteiger partial charge in [-0.25, -0.2) is 18.2 Å². The Hall–Kier alpha value is -2.92. The van der Waals surface area contributed by atoms with Crippen LogP contribution in [0.2, 0.25) is 0 Å². The number of fused-ring (bicyclic) bond motifs is 1. The lowest BCUT2D eigenvalue weighted by atomic mass is 9.74. The van der Waals surface area contributed by atoms with Crippen LogP contribution in [-0.4, -0.2) is 71.1 Å². The second-order valence-corrected chi connectivity index (χ2v) is 10.6. The number of hydrogen-bond donors (Lipinski definition) is 1. The van der Waals surface area contributed by atoms with Crippen LogP contribution < -0.4 is 5.73 Å². The minimum atomic E-state index is -1.33. The van der Waals surface area contributed by atoms with E-state index in [0.29, 0.717) is 51.0 Å². The van der Waals surface area contributed by atoms with Crippen LogP contribution in [0.4, 0.5) is 13.2 Å². The molecule has 2 aliphatic heterocycles. The number of rotatable bonds is 4. The van der Waals surface area contributed by atoms with Crippen LogP contribution in [0.15, 0.2) is 12.1 Å². The molecule has 2 atom stereocenters. The Morgan fingerprint density at radius 3 is 2.33 bits per heavy atom. The van der Waals surface area contributed by atoms with Gasteiger partial charge in [0.25, 0.3) is 5.91 Å². The molecule has 4 rings (SSSR count). The number of benzene rings is 1. The molecule has 36 heavy (non-hydrogen) atoms. The van der Waals surface area contributed by atoms with E-state index in [4.69, 9.17) is 10.5 Å². The number of nitrogens with two attached hydrogens (primary N) is 1.